The first-order chi connectivity index (χ1) is 10.3. The summed E-state index contributed by atoms with van der Waals surface area (Å²) in [5.74, 6) is 0.302. The number of aromatic nitrogens is 5. The van der Waals surface area contributed by atoms with Crippen LogP contribution in [0.25, 0.3) is 11.4 Å². The lowest BCUT2D eigenvalue weighted by Crippen LogP contribution is -2.34. The summed E-state index contributed by atoms with van der Waals surface area (Å²) >= 11 is 0. The Morgan fingerprint density at radius 2 is 2.48 bits per heavy atom. The third-order valence-corrected chi connectivity index (χ3v) is 3.21. The highest BCUT2D eigenvalue weighted by molar-refractivity contribution is 5.75. The molecule has 3 heterocycles. The molecule has 0 spiro atoms. The lowest BCUT2D eigenvalue weighted by Gasteiger charge is -2.09. The van der Waals surface area contributed by atoms with Crippen LogP contribution < -0.4 is 5.32 Å². The maximum Gasteiger partial charge on any atom is 0.243 e. The minimum Gasteiger partial charge on any atom is -0.376 e. The Balaban J connectivity index is 1.53. The van der Waals surface area contributed by atoms with Gasteiger partial charge < -0.3 is 10.1 Å². The van der Waals surface area contributed by atoms with Crippen molar-refractivity contribution in [3.63, 3.8) is 0 Å². The summed E-state index contributed by atoms with van der Waals surface area (Å²) in [6.45, 7) is 1.35. The van der Waals surface area contributed by atoms with Gasteiger partial charge in [-0.05, 0) is 30.2 Å². The van der Waals surface area contributed by atoms with Crippen molar-refractivity contribution in [1.29, 1.82) is 0 Å². The molecule has 8 nitrogen and oxygen atoms in total. The Labute approximate surface area is 121 Å². The third-order valence-electron chi connectivity index (χ3n) is 3.21. The summed E-state index contributed by atoms with van der Waals surface area (Å²) in [5, 5.41) is 14.8. The van der Waals surface area contributed by atoms with Crippen molar-refractivity contribution in [1.82, 2.24) is 30.5 Å². The molecule has 2 aromatic heterocycles. The van der Waals surface area contributed by atoms with E-state index in [4.69, 9.17) is 4.74 Å². The van der Waals surface area contributed by atoms with Gasteiger partial charge in [0.05, 0.1) is 6.10 Å². The molecule has 2 aromatic rings. The molecule has 3 rings (SSSR count). The number of ether oxygens (including phenoxy) is 1. The average Bonchev–Trinajstić information content (AvgIpc) is 3.17. The molecule has 0 radical (unpaired) electrons. The van der Waals surface area contributed by atoms with Gasteiger partial charge >= 0.3 is 0 Å². The second kappa shape index (κ2) is 6.40. The zero-order valence-corrected chi connectivity index (χ0v) is 11.5. The highest BCUT2D eigenvalue weighted by Gasteiger charge is 2.16. The number of amides is 1. The summed E-state index contributed by atoms with van der Waals surface area (Å²) in [6, 6.07) is 3.64. The van der Waals surface area contributed by atoms with Gasteiger partial charge in [0.25, 0.3) is 0 Å². The molecule has 1 N–H and O–H groups in total. The topological polar surface area (TPSA) is 94.8 Å². The predicted molar refractivity (Wildman–Crippen MR) is 73.0 cm³/mol. The molecule has 1 atom stereocenters. The van der Waals surface area contributed by atoms with Crippen molar-refractivity contribution in [2.75, 3.05) is 13.2 Å². The SMILES string of the molecule is O=C(Cn1nnc(-c2cccnc2)n1)NC[C@@H]1CCCO1. The smallest absolute Gasteiger partial charge is 0.243 e. The van der Waals surface area contributed by atoms with Gasteiger partial charge in [-0.1, -0.05) is 0 Å². The zero-order chi connectivity index (χ0) is 14.5. The lowest BCUT2D eigenvalue weighted by atomic mass is 10.2. The van der Waals surface area contributed by atoms with Gasteiger partial charge in [0, 0.05) is 31.1 Å². The molecule has 0 saturated carbocycles. The van der Waals surface area contributed by atoms with Crippen LogP contribution in [0.1, 0.15) is 12.8 Å². The van der Waals surface area contributed by atoms with E-state index < -0.39 is 0 Å². The fourth-order valence-electron chi connectivity index (χ4n) is 2.14. The molecule has 0 unspecified atom stereocenters. The Morgan fingerprint density at radius 1 is 1.52 bits per heavy atom. The molecule has 1 aliphatic heterocycles. The van der Waals surface area contributed by atoms with E-state index in [0.29, 0.717) is 12.4 Å². The number of pyridine rings is 1. The normalized spacial score (nSPS) is 17.8. The van der Waals surface area contributed by atoms with Crippen molar-refractivity contribution in [3.05, 3.63) is 24.5 Å². The van der Waals surface area contributed by atoms with Gasteiger partial charge in [-0.2, -0.15) is 4.80 Å². The number of rotatable bonds is 5. The van der Waals surface area contributed by atoms with Crippen LogP contribution in [-0.4, -0.2) is 50.4 Å². The van der Waals surface area contributed by atoms with E-state index >= 15 is 0 Å². The number of carbonyl (C=O) groups excluding carboxylic acids is 1. The van der Waals surface area contributed by atoms with E-state index in [1.165, 1.54) is 4.80 Å². The Kier molecular flexibility index (Phi) is 4.15. The van der Waals surface area contributed by atoms with Crippen molar-refractivity contribution in [3.8, 4) is 11.4 Å². The van der Waals surface area contributed by atoms with Gasteiger partial charge in [-0.15, -0.1) is 10.2 Å². The summed E-state index contributed by atoms with van der Waals surface area (Å²) < 4.78 is 5.44. The van der Waals surface area contributed by atoms with Crippen molar-refractivity contribution in [2.45, 2.75) is 25.5 Å². The molecular formula is C13H16N6O2. The van der Waals surface area contributed by atoms with Crippen LogP contribution in [0.15, 0.2) is 24.5 Å². The molecule has 8 heteroatoms. The number of hydrogen-bond donors (Lipinski definition) is 1. The van der Waals surface area contributed by atoms with Gasteiger partial charge in [-0.25, -0.2) is 0 Å². The van der Waals surface area contributed by atoms with Crippen LogP contribution in [0, 0.1) is 0 Å². The summed E-state index contributed by atoms with van der Waals surface area (Å²) in [5.41, 5.74) is 0.767. The first-order valence-corrected chi connectivity index (χ1v) is 6.88. The maximum absolute atomic E-state index is 11.8. The molecule has 0 aromatic carbocycles. The Bertz CT molecular complexity index is 594. The van der Waals surface area contributed by atoms with E-state index in [9.17, 15) is 4.79 Å². The minimum atomic E-state index is -0.152. The maximum atomic E-state index is 11.8. The molecule has 1 fully saturated rings. The van der Waals surface area contributed by atoms with Crippen LogP contribution in [0.4, 0.5) is 0 Å². The quantitative estimate of drug-likeness (QED) is 0.834. The number of tetrazole rings is 1. The summed E-state index contributed by atoms with van der Waals surface area (Å²) in [4.78, 5) is 17.1. The molecular weight excluding hydrogens is 272 g/mol. The van der Waals surface area contributed by atoms with Crippen LogP contribution in [0.2, 0.25) is 0 Å². The Morgan fingerprint density at radius 3 is 3.24 bits per heavy atom. The van der Waals surface area contributed by atoms with Gasteiger partial charge in [0.15, 0.2) is 0 Å². The molecule has 110 valence electrons. The molecule has 0 aliphatic carbocycles. The Hall–Kier alpha value is -2.35. The standard InChI is InChI=1S/C13H16N6O2/c20-12(15-8-11-4-2-6-21-11)9-19-17-13(16-18-19)10-3-1-5-14-7-10/h1,3,5,7,11H,2,4,6,8-9H2,(H,15,20)/t11-/m0/s1. The van der Waals surface area contributed by atoms with Gasteiger partial charge in [-0.3, -0.25) is 9.78 Å². The van der Waals surface area contributed by atoms with Crippen molar-refractivity contribution in [2.24, 2.45) is 0 Å². The second-order valence-electron chi connectivity index (χ2n) is 4.82. The van der Waals surface area contributed by atoms with E-state index in [1.807, 2.05) is 6.07 Å². The minimum absolute atomic E-state index is 0.0416. The van der Waals surface area contributed by atoms with Crippen LogP contribution in [0.3, 0.4) is 0 Å². The van der Waals surface area contributed by atoms with Crippen molar-refractivity contribution >= 4 is 5.91 Å². The molecule has 1 amide bonds. The van der Waals surface area contributed by atoms with E-state index in [2.05, 4.69) is 25.7 Å². The molecule has 21 heavy (non-hydrogen) atoms. The molecule has 1 aliphatic rings. The summed E-state index contributed by atoms with van der Waals surface area (Å²) in [6.07, 6.45) is 5.50. The fourth-order valence-corrected chi connectivity index (χ4v) is 2.14. The largest absolute Gasteiger partial charge is 0.376 e. The van der Waals surface area contributed by atoms with Crippen LogP contribution in [-0.2, 0) is 16.1 Å². The first kappa shape index (κ1) is 13.6. The van der Waals surface area contributed by atoms with Gasteiger partial charge in [0.2, 0.25) is 11.7 Å². The summed E-state index contributed by atoms with van der Waals surface area (Å²) in [7, 11) is 0. The number of hydrogen-bond acceptors (Lipinski definition) is 6. The van der Waals surface area contributed by atoms with Crippen LogP contribution in [0.5, 0.6) is 0 Å². The van der Waals surface area contributed by atoms with E-state index in [0.717, 1.165) is 25.0 Å². The average molecular weight is 288 g/mol. The number of carbonyl (C=O) groups is 1. The second-order valence-corrected chi connectivity index (χ2v) is 4.82. The number of nitrogens with zero attached hydrogens (tertiary/aromatic N) is 5. The highest BCUT2D eigenvalue weighted by Crippen LogP contribution is 2.11. The number of nitrogens with one attached hydrogen (secondary N) is 1. The first-order valence-electron chi connectivity index (χ1n) is 6.88. The zero-order valence-electron chi connectivity index (χ0n) is 11.5. The van der Waals surface area contributed by atoms with Crippen molar-refractivity contribution < 1.29 is 9.53 Å². The molecule has 1 saturated heterocycles. The van der Waals surface area contributed by atoms with E-state index in [-0.39, 0.29) is 18.6 Å². The van der Waals surface area contributed by atoms with Gasteiger partial charge in [0.1, 0.15) is 6.54 Å². The molecule has 0 bridgehead atoms. The monoisotopic (exact) mass is 288 g/mol. The predicted octanol–water partition coefficient (Wildman–Crippen LogP) is 0.0303. The van der Waals surface area contributed by atoms with Crippen LogP contribution >= 0.6 is 0 Å². The van der Waals surface area contributed by atoms with E-state index in [1.54, 1.807) is 18.5 Å². The highest BCUT2D eigenvalue weighted by atomic mass is 16.5. The lowest BCUT2D eigenvalue weighted by molar-refractivity contribution is -0.122. The third kappa shape index (κ3) is 3.60. The fraction of sp³-hybridized carbons (Fsp3) is 0.462.